The summed E-state index contributed by atoms with van der Waals surface area (Å²) in [6.07, 6.45) is 0. The van der Waals surface area contributed by atoms with Gasteiger partial charge >= 0.3 is 0 Å². The third-order valence-corrected chi connectivity index (χ3v) is 6.63. The maximum Gasteiger partial charge on any atom is 0.124 e. The van der Waals surface area contributed by atoms with Crippen molar-refractivity contribution in [3.63, 3.8) is 0 Å². The lowest BCUT2D eigenvalue weighted by Gasteiger charge is -2.36. The fourth-order valence-corrected chi connectivity index (χ4v) is 4.92. The number of para-hydroxylation sites is 2. The van der Waals surface area contributed by atoms with Gasteiger partial charge in [-0.1, -0.05) is 59.1 Å². The zero-order valence-corrected chi connectivity index (χ0v) is 19.8. The molecule has 1 aliphatic rings. The number of hydrogen-bond acceptors (Lipinski definition) is 3. The van der Waals surface area contributed by atoms with Crippen molar-refractivity contribution in [2.24, 2.45) is 0 Å². The predicted molar refractivity (Wildman–Crippen MR) is 134 cm³/mol. The maximum absolute atomic E-state index is 6.20. The topological polar surface area (TPSA) is 24.3 Å². The van der Waals surface area contributed by atoms with Gasteiger partial charge in [-0.3, -0.25) is 4.90 Å². The van der Waals surface area contributed by atoms with E-state index < -0.39 is 0 Å². The van der Waals surface area contributed by atoms with Crippen LogP contribution in [0.3, 0.4) is 0 Å². The van der Waals surface area contributed by atoms with Crippen molar-refractivity contribution in [3.05, 3.63) is 93.2 Å². The number of hydrogen-bond donors (Lipinski definition) is 0. The first kappa shape index (κ1) is 21.6. The summed E-state index contributed by atoms with van der Waals surface area (Å²) in [5.74, 6) is 1.08. The molecule has 7 heteroatoms. The monoisotopic (exact) mass is 484 g/mol. The Bertz CT molecular complexity index is 1210. The highest BCUT2D eigenvalue weighted by atomic mass is 35.5. The summed E-state index contributed by atoms with van der Waals surface area (Å²) in [7, 11) is 0. The number of aromatic nitrogens is 2. The van der Waals surface area contributed by atoms with Crippen LogP contribution in [-0.4, -0.2) is 40.6 Å². The van der Waals surface area contributed by atoms with Crippen LogP contribution in [0.1, 0.15) is 11.4 Å². The lowest BCUT2D eigenvalue weighted by Crippen LogP contribution is -2.46. The van der Waals surface area contributed by atoms with Crippen LogP contribution in [-0.2, 0) is 13.1 Å². The van der Waals surface area contributed by atoms with Gasteiger partial charge < -0.3 is 9.47 Å². The summed E-state index contributed by atoms with van der Waals surface area (Å²) >= 11 is 18.5. The Balaban J connectivity index is 1.33. The van der Waals surface area contributed by atoms with Gasteiger partial charge in [-0.05, 0) is 48.0 Å². The highest BCUT2D eigenvalue weighted by Gasteiger charge is 2.21. The number of imidazole rings is 1. The summed E-state index contributed by atoms with van der Waals surface area (Å²) in [5.41, 5.74) is 4.48. The van der Waals surface area contributed by atoms with Crippen LogP contribution in [0.5, 0.6) is 0 Å². The second-order valence-electron chi connectivity index (χ2n) is 8.12. The largest absolute Gasteiger partial charge is 0.369 e. The standard InChI is InChI=1S/C25H23Cl3N4/c26-19-7-5-18(6-8-19)16-32-24-4-2-1-3-23(24)29-25(32)17-30-9-11-31(12-10-30)22-14-20(27)13-21(28)15-22/h1-8,13-15H,9-12,16-17H2. The molecule has 0 atom stereocenters. The SMILES string of the molecule is Clc1ccc(Cn2c(CN3CCN(c4cc(Cl)cc(Cl)c4)CC3)nc3ccccc32)cc1. The van der Waals surface area contributed by atoms with Gasteiger partial charge in [0.1, 0.15) is 5.82 Å². The van der Waals surface area contributed by atoms with Gasteiger partial charge in [0.2, 0.25) is 0 Å². The molecule has 0 bridgehead atoms. The van der Waals surface area contributed by atoms with E-state index in [1.54, 1.807) is 6.07 Å². The molecule has 0 unspecified atom stereocenters. The smallest absolute Gasteiger partial charge is 0.124 e. The third kappa shape index (κ3) is 4.74. The third-order valence-electron chi connectivity index (χ3n) is 5.94. The summed E-state index contributed by atoms with van der Waals surface area (Å²) < 4.78 is 2.32. The molecule has 4 nitrogen and oxygen atoms in total. The zero-order valence-electron chi connectivity index (χ0n) is 17.5. The van der Waals surface area contributed by atoms with Crippen LogP contribution in [0.25, 0.3) is 11.0 Å². The number of nitrogens with zero attached hydrogens (tertiary/aromatic N) is 4. The molecular weight excluding hydrogens is 463 g/mol. The van der Waals surface area contributed by atoms with Crippen LogP contribution >= 0.6 is 34.8 Å². The molecule has 0 spiro atoms. The van der Waals surface area contributed by atoms with Gasteiger partial charge in [0.15, 0.2) is 0 Å². The van der Waals surface area contributed by atoms with Gasteiger partial charge in [0, 0.05) is 53.5 Å². The molecule has 164 valence electrons. The highest BCUT2D eigenvalue weighted by Crippen LogP contribution is 2.27. The summed E-state index contributed by atoms with van der Waals surface area (Å²) in [6.45, 7) is 5.34. The second kappa shape index (κ2) is 9.32. The molecule has 0 aliphatic carbocycles. The van der Waals surface area contributed by atoms with Gasteiger partial charge in [-0.2, -0.15) is 0 Å². The van der Waals surface area contributed by atoms with Crippen molar-refractivity contribution in [1.82, 2.24) is 14.5 Å². The molecular formula is C25H23Cl3N4. The Labute approximate surface area is 202 Å². The molecule has 4 aromatic rings. The fraction of sp³-hybridized carbons (Fsp3) is 0.240. The Morgan fingerprint density at radius 3 is 2.12 bits per heavy atom. The van der Waals surface area contributed by atoms with Crippen LogP contribution in [0.2, 0.25) is 15.1 Å². The van der Waals surface area contributed by atoms with Crippen molar-refractivity contribution in [2.45, 2.75) is 13.1 Å². The van der Waals surface area contributed by atoms with E-state index >= 15 is 0 Å². The summed E-state index contributed by atoms with van der Waals surface area (Å²) in [4.78, 5) is 9.77. The molecule has 0 N–H and O–H groups in total. The average molecular weight is 486 g/mol. The fourth-order valence-electron chi connectivity index (χ4n) is 4.28. The minimum atomic E-state index is 0.672. The van der Waals surface area contributed by atoms with Gasteiger partial charge in [-0.15, -0.1) is 0 Å². The van der Waals surface area contributed by atoms with Crippen molar-refractivity contribution >= 4 is 51.5 Å². The molecule has 1 saturated heterocycles. The van der Waals surface area contributed by atoms with E-state index in [4.69, 9.17) is 39.8 Å². The van der Waals surface area contributed by atoms with Crippen molar-refractivity contribution in [1.29, 1.82) is 0 Å². The number of piperazine rings is 1. The molecule has 0 amide bonds. The molecule has 1 aromatic heterocycles. The summed E-state index contributed by atoms with van der Waals surface area (Å²) in [5, 5.41) is 2.10. The lowest BCUT2D eigenvalue weighted by molar-refractivity contribution is 0.241. The molecule has 2 heterocycles. The molecule has 3 aromatic carbocycles. The quantitative estimate of drug-likeness (QED) is 0.328. The first-order valence-corrected chi connectivity index (χ1v) is 11.8. The molecule has 0 saturated carbocycles. The number of fused-ring (bicyclic) bond motifs is 1. The maximum atomic E-state index is 6.20. The van der Waals surface area contributed by atoms with Crippen LogP contribution in [0.15, 0.2) is 66.7 Å². The Hall–Kier alpha value is -2.24. The minimum Gasteiger partial charge on any atom is -0.369 e. The van der Waals surface area contributed by atoms with Crippen LogP contribution in [0, 0.1) is 0 Å². The lowest BCUT2D eigenvalue weighted by atomic mass is 10.2. The number of rotatable bonds is 5. The highest BCUT2D eigenvalue weighted by molar-refractivity contribution is 6.35. The molecule has 32 heavy (non-hydrogen) atoms. The second-order valence-corrected chi connectivity index (χ2v) is 9.43. The average Bonchev–Trinajstić information content (AvgIpc) is 3.12. The minimum absolute atomic E-state index is 0.672. The normalized spacial score (nSPS) is 14.9. The molecule has 5 rings (SSSR count). The van der Waals surface area contributed by atoms with Gasteiger partial charge in [0.25, 0.3) is 0 Å². The van der Waals surface area contributed by atoms with E-state index in [1.165, 1.54) is 5.56 Å². The Morgan fingerprint density at radius 1 is 0.719 bits per heavy atom. The zero-order chi connectivity index (χ0) is 22.1. The summed E-state index contributed by atoms with van der Waals surface area (Å²) in [6, 6.07) is 22.1. The van der Waals surface area contributed by atoms with Gasteiger partial charge in [-0.25, -0.2) is 4.98 Å². The van der Waals surface area contributed by atoms with Crippen molar-refractivity contribution in [3.8, 4) is 0 Å². The molecule has 1 aliphatic heterocycles. The van der Waals surface area contributed by atoms with Crippen LogP contribution in [0.4, 0.5) is 5.69 Å². The van der Waals surface area contributed by atoms with Gasteiger partial charge in [0.05, 0.1) is 17.6 Å². The molecule has 0 radical (unpaired) electrons. The van der Waals surface area contributed by atoms with E-state index in [0.717, 1.165) is 66.8 Å². The van der Waals surface area contributed by atoms with Crippen molar-refractivity contribution < 1.29 is 0 Å². The first-order chi connectivity index (χ1) is 15.5. The van der Waals surface area contributed by atoms with Crippen LogP contribution < -0.4 is 4.90 Å². The first-order valence-electron chi connectivity index (χ1n) is 10.7. The molecule has 1 fully saturated rings. The van der Waals surface area contributed by atoms with E-state index in [2.05, 4.69) is 44.7 Å². The van der Waals surface area contributed by atoms with Crippen molar-refractivity contribution in [2.75, 3.05) is 31.1 Å². The number of halogens is 3. The number of anilines is 1. The van der Waals surface area contributed by atoms with E-state index in [9.17, 15) is 0 Å². The van der Waals surface area contributed by atoms with E-state index in [1.807, 2.05) is 30.3 Å². The Kier molecular flexibility index (Phi) is 6.29. The van der Waals surface area contributed by atoms with E-state index in [0.29, 0.717) is 10.0 Å². The Morgan fingerprint density at radius 2 is 1.41 bits per heavy atom. The number of benzene rings is 3. The van der Waals surface area contributed by atoms with E-state index in [-0.39, 0.29) is 0 Å². The predicted octanol–water partition coefficient (Wildman–Crippen LogP) is 6.37.